The molecule has 0 spiro atoms. The second kappa shape index (κ2) is 10.2. The second-order valence-corrected chi connectivity index (χ2v) is 12.3. The number of aryl methyl sites for hydroxylation is 2. The topological polar surface area (TPSA) is 58.4 Å². The Labute approximate surface area is 216 Å². The van der Waals surface area contributed by atoms with Gasteiger partial charge in [0.25, 0.3) is 0 Å². The lowest BCUT2D eigenvalue weighted by atomic mass is 10.1. The summed E-state index contributed by atoms with van der Waals surface area (Å²) in [5.41, 5.74) is 4.26. The summed E-state index contributed by atoms with van der Waals surface area (Å²) >= 11 is 13.4. The fourth-order valence-electron chi connectivity index (χ4n) is 3.91. The number of rotatable bonds is 6. The minimum atomic E-state index is -3.57. The molecule has 176 valence electrons. The minimum absolute atomic E-state index is 0.279. The summed E-state index contributed by atoms with van der Waals surface area (Å²) in [5.74, 6) is 0. The number of benzene rings is 2. The summed E-state index contributed by atoms with van der Waals surface area (Å²) in [6.45, 7) is 7.41. The first-order valence-electron chi connectivity index (χ1n) is 10.6. The van der Waals surface area contributed by atoms with Crippen LogP contribution in [0, 0.1) is 13.8 Å². The fourth-order valence-corrected chi connectivity index (χ4v) is 7.09. The molecule has 10 heteroatoms. The third-order valence-electron chi connectivity index (χ3n) is 5.86. The van der Waals surface area contributed by atoms with Crippen molar-refractivity contribution in [3.05, 3.63) is 78.9 Å². The van der Waals surface area contributed by atoms with E-state index in [0.717, 1.165) is 21.3 Å². The Bertz CT molecular complexity index is 1250. The molecule has 33 heavy (non-hydrogen) atoms. The molecule has 6 nitrogen and oxygen atoms in total. The SMILES string of the molecule is Cc1ccc(Cn2nc(C)c(CN3CCN(S(=O)(=O)c4cc(Br)ccc4Br)CC3)c2Cl)cc1. The van der Waals surface area contributed by atoms with Crippen LogP contribution in [-0.4, -0.2) is 53.6 Å². The molecule has 0 unspecified atom stereocenters. The predicted octanol–water partition coefficient (Wildman–Crippen LogP) is 5.23. The average molecular weight is 617 g/mol. The average Bonchev–Trinajstić information content (AvgIpc) is 3.04. The molecule has 4 rings (SSSR count). The maximum Gasteiger partial charge on any atom is 0.244 e. The third kappa shape index (κ3) is 5.55. The van der Waals surface area contributed by atoms with E-state index in [-0.39, 0.29) is 4.90 Å². The number of hydrogen-bond donors (Lipinski definition) is 0. The molecule has 1 aliphatic heterocycles. The molecule has 3 aromatic rings. The zero-order valence-corrected chi connectivity index (χ0v) is 23.2. The van der Waals surface area contributed by atoms with Crippen LogP contribution >= 0.6 is 43.5 Å². The smallest absolute Gasteiger partial charge is 0.244 e. The number of nitrogens with zero attached hydrogens (tertiary/aromatic N) is 4. The Kier molecular flexibility index (Phi) is 7.67. The van der Waals surface area contributed by atoms with Gasteiger partial charge in [0, 0.05) is 47.2 Å². The molecule has 0 saturated carbocycles. The molecule has 1 aliphatic rings. The zero-order chi connectivity index (χ0) is 23.8. The van der Waals surface area contributed by atoms with Crippen molar-refractivity contribution in [1.82, 2.24) is 19.0 Å². The lowest BCUT2D eigenvalue weighted by Gasteiger charge is -2.34. The van der Waals surface area contributed by atoms with Gasteiger partial charge in [-0.1, -0.05) is 57.4 Å². The summed E-state index contributed by atoms with van der Waals surface area (Å²) in [7, 11) is -3.57. The molecule has 2 aromatic carbocycles. The standard InChI is InChI=1S/C23H25Br2ClN4O2S/c1-16-3-5-18(6-4-16)14-30-23(26)20(17(2)27-30)15-28-9-11-29(12-10-28)33(31,32)22-13-19(24)7-8-21(22)25/h3-8,13H,9-12,14-15H2,1-2H3. The predicted molar refractivity (Wildman–Crippen MR) is 138 cm³/mol. The maximum absolute atomic E-state index is 13.2. The van der Waals surface area contributed by atoms with E-state index in [2.05, 4.69) is 73.0 Å². The van der Waals surface area contributed by atoms with Crippen LogP contribution in [0.1, 0.15) is 22.4 Å². The van der Waals surface area contributed by atoms with Crippen LogP contribution in [0.15, 0.2) is 56.3 Å². The highest BCUT2D eigenvalue weighted by Gasteiger charge is 2.30. The van der Waals surface area contributed by atoms with Gasteiger partial charge in [0.15, 0.2) is 0 Å². The number of halogens is 3. The van der Waals surface area contributed by atoms with Gasteiger partial charge in [-0.25, -0.2) is 13.1 Å². The summed E-state index contributed by atoms with van der Waals surface area (Å²) in [4.78, 5) is 2.51. The number of aromatic nitrogens is 2. The normalized spacial score (nSPS) is 15.8. The first-order chi connectivity index (χ1) is 15.6. The Balaban J connectivity index is 1.42. The second-order valence-electron chi connectivity index (χ2n) is 8.25. The largest absolute Gasteiger partial charge is 0.296 e. The van der Waals surface area contributed by atoms with Crippen molar-refractivity contribution in [2.45, 2.75) is 31.8 Å². The molecule has 2 heterocycles. The monoisotopic (exact) mass is 614 g/mol. The molecule has 1 fully saturated rings. The van der Waals surface area contributed by atoms with Crippen molar-refractivity contribution in [3.63, 3.8) is 0 Å². The third-order valence-corrected chi connectivity index (χ3v) is 9.67. The van der Waals surface area contributed by atoms with E-state index in [1.807, 2.05) is 17.7 Å². The summed E-state index contributed by atoms with van der Waals surface area (Å²) in [5, 5.41) is 5.29. The van der Waals surface area contributed by atoms with Crippen LogP contribution in [-0.2, 0) is 23.1 Å². The van der Waals surface area contributed by atoms with Gasteiger partial charge in [-0.15, -0.1) is 0 Å². The van der Waals surface area contributed by atoms with E-state index >= 15 is 0 Å². The van der Waals surface area contributed by atoms with Crippen molar-refractivity contribution in [3.8, 4) is 0 Å². The zero-order valence-electron chi connectivity index (χ0n) is 18.4. The lowest BCUT2D eigenvalue weighted by Crippen LogP contribution is -2.48. The van der Waals surface area contributed by atoms with Crippen LogP contribution in [0.25, 0.3) is 0 Å². The Morgan fingerprint density at radius 1 is 0.970 bits per heavy atom. The molecule has 0 bridgehead atoms. The van der Waals surface area contributed by atoms with Crippen molar-refractivity contribution in [2.24, 2.45) is 0 Å². The van der Waals surface area contributed by atoms with Crippen molar-refractivity contribution in [2.75, 3.05) is 26.2 Å². The summed E-state index contributed by atoms with van der Waals surface area (Å²) in [6, 6.07) is 13.5. The van der Waals surface area contributed by atoms with E-state index in [9.17, 15) is 8.42 Å². The highest BCUT2D eigenvalue weighted by atomic mass is 79.9. The van der Waals surface area contributed by atoms with Gasteiger partial charge in [-0.05, 0) is 53.5 Å². The molecule has 1 saturated heterocycles. The van der Waals surface area contributed by atoms with E-state index in [4.69, 9.17) is 11.6 Å². The quantitative estimate of drug-likeness (QED) is 0.381. The van der Waals surface area contributed by atoms with E-state index in [1.165, 1.54) is 5.56 Å². The van der Waals surface area contributed by atoms with Gasteiger partial charge < -0.3 is 0 Å². The number of hydrogen-bond acceptors (Lipinski definition) is 4. The van der Waals surface area contributed by atoms with Gasteiger partial charge in [-0.2, -0.15) is 9.40 Å². The van der Waals surface area contributed by atoms with E-state index < -0.39 is 10.0 Å². The fraction of sp³-hybridized carbons (Fsp3) is 0.348. The van der Waals surface area contributed by atoms with Crippen molar-refractivity contribution in [1.29, 1.82) is 0 Å². The lowest BCUT2D eigenvalue weighted by molar-refractivity contribution is 0.181. The molecule has 0 atom stereocenters. The van der Waals surface area contributed by atoms with Crippen molar-refractivity contribution >= 4 is 53.5 Å². The van der Waals surface area contributed by atoms with Gasteiger partial charge in [0.1, 0.15) is 5.15 Å². The van der Waals surface area contributed by atoms with E-state index in [1.54, 1.807) is 16.4 Å². The molecule has 0 N–H and O–H groups in total. The summed E-state index contributed by atoms with van der Waals surface area (Å²) in [6.07, 6.45) is 0. The van der Waals surface area contributed by atoms with Crippen LogP contribution in [0.4, 0.5) is 0 Å². The Morgan fingerprint density at radius 2 is 1.64 bits per heavy atom. The molecule has 0 amide bonds. The van der Waals surface area contributed by atoms with Gasteiger partial charge >= 0.3 is 0 Å². The molecule has 0 radical (unpaired) electrons. The minimum Gasteiger partial charge on any atom is -0.296 e. The van der Waals surface area contributed by atoms with Crippen LogP contribution < -0.4 is 0 Å². The van der Waals surface area contributed by atoms with Gasteiger partial charge in [0.05, 0.1) is 17.1 Å². The highest BCUT2D eigenvalue weighted by Crippen LogP contribution is 2.29. The Hall–Kier alpha value is -1.23. The Morgan fingerprint density at radius 3 is 2.30 bits per heavy atom. The summed E-state index contributed by atoms with van der Waals surface area (Å²) < 4.78 is 31.0. The van der Waals surface area contributed by atoms with Crippen LogP contribution in [0.2, 0.25) is 5.15 Å². The van der Waals surface area contributed by atoms with Gasteiger partial charge in [-0.3, -0.25) is 4.90 Å². The molecular weight excluding hydrogens is 592 g/mol. The maximum atomic E-state index is 13.2. The molecular formula is C23H25Br2ClN4O2S. The van der Waals surface area contributed by atoms with Gasteiger partial charge in [0.2, 0.25) is 10.0 Å². The molecule has 0 aliphatic carbocycles. The number of piperazine rings is 1. The highest BCUT2D eigenvalue weighted by molar-refractivity contribution is 9.11. The first kappa shape index (κ1) is 24.9. The van der Waals surface area contributed by atoms with E-state index in [0.29, 0.717) is 48.9 Å². The molecule has 1 aromatic heterocycles. The number of sulfonamides is 1. The first-order valence-corrected chi connectivity index (χ1v) is 14.0. The van der Waals surface area contributed by atoms with Crippen molar-refractivity contribution < 1.29 is 8.42 Å². The van der Waals surface area contributed by atoms with Crippen LogP contribution in [0.3, 0.4) is 0 Å². The van der Waals surface area contributed by atoms with Crippen LogP contribution in [0.5, 0.6) is 0 Å².